The van der Waals surface area contributed by atoms with E-state index in [0.29, 0.717) is 25.8 Å². The van der Waals surface area contributed by atoms with E-state index in [2.05, 4.69) is 10.6 Å². The average Bonchev–Trinajstić information content (AvgIpc) is 3.06. The lowest BCUT2D eigenvalue weighted by molar-refractivity contribution is -0.138. The van der Waals surface area contributed by atoms with Gasteiger partial charge in [-0.3, -0.25) is 14.4 Å². The van der Waals surface area contributed by atoms with Crippen molar-refractivity contribution in [2.45, 2.75) is 96.0 Å². The smallest absolute Gasteiger partial charge is 0.303 e. The number of nitrogens with one attached hydrogen (secondary N) is 2. The summed E-state index contributed by atoms with van der Waals surface area (Å²) < 4.78 is 0. The standard InChI is InChI=1S/C20H29NO3.C18H21NO3/c22-19(10-4-8-16-6-2-1-3-7-16)21-18-14-12-17(13-15-18)9-5-11-20(23)24;20-17(15-6-2-1-3-7-15)13-19-16-11-9-14(10-12-16)5-4-8-18(21)22/h12-16H,1-11H2,(H,21,22)(H,23,24);1-3,6-7,9-12,17,19-20H,4-5,8,13H2,(H,21,22). The summed E-state index contributed by atoms with van der Waals surface area (Å²) >= 11 is 0. The van der Waals surface area contributed by atoms with Crippen LogP contribution in [-0.2, 0) is 27.2 Å². The first-order valence-electron chi connectivity index (χ1n) is 16.7. The minimum absolute atomic E-state index is 0.0874. The van der Waals surface area contributed by atoms with E-state index in [1.54, 1.807) is 0 Å². The van der Waals surface area contributed by atoms with E-state index in [1.807, 2.05) is 78.9 Å². The number of aliphatic carboxylic acids is 2. The maximum absolute atomic E-state index is 12.0. The van der Waals surface area contributed by atoms with Crippen molar-refractivity contribution in [3.63, 3.8) is 0 Å². The first-order chi connectivity index (χ1) is 22.3. The molecule has 1 fully saturated rings. The summed E-state index contributed by atoms with van der Waals surface area (Å²) in [6.07, 6.45) is 12.2. The van der Waals surface area contributed by atoms with Gasteiger partial charge in [-0.25, -0.2) is 0 Å². The number of carboxylic acid groups (broad SMARTS) is 2. The van der Waals surface area contributed by atoms with Crippen molar-refractivity contribution in [2.24, 2.45) is 5.92 Å². The molecule has 1 unspecified atom stereocenters. The third-order valence-corrected chi connectivity index (χ3v) is 8.33. The van der Waals surface area contributed by atoms with Crippen LogP contribution in [0.15, 0.2) is 78.9 Å². The molecule has 0 radical (unpaired) electrons. The van der Waals surface area contributed by atoms with Crippen LogP contribution in [0, 0.1) is 5.92 Å². The molecule has 46 heavy (non-hydrogen) atoms. The summed E-state index contributed by atoms with van der Waals surface area (Å²) in [4.78, 5) is 33.0. The maximum Gasteiger partial charge on any atom is 0.303 e. The second kappa shape index (κ2) is 20.8. The molecule has 1 amide bonds. The summed E-state index contributed by atoms with van der Waals surface area (Å²) in [5.74, 6) is -0.596. The molecule has 0 aromatic heterocycles. The minimum atomic E-state index is -0.757. The third-order valence-electron chi connectivity index (χ3n) is 8.33. The van der Waals surface area contributed by atoms with Gasteiger partial charge in [-0.1, -0.05) is 86.7 Å². The van der Waals surface area contributed by atoms with Crippen LogP contribution >= 0.6 is 0 Å². The number of anilines is 2. The van der Waals surface area contributed by atoms with Crippen LogP contribution in [0.4, 0.5) is 11.4 Å². The lowest BCUT2D eigenvalue weighted by atomic mass is 9.86. The Morgan fingerprint density at radius 1 is 0.674 bits per heavy atom. The van der Waals surface area contributed by atoms with E-state index < -0.39 is 18.0 Å². The average molecular weight is 631 g/mol. The number of carbonyl (C=O) groups is 3. The fourth-order valence-electron chi connectivity index (χ4n) is 5.69. The second-order valence-electron chi connectivity index (χ2n) is 12.1. The van der Waals surface area contributed by atoms with E-state index in [4.69, 9.17) is 10.2 Å². The largest absolute Gasteiger partial charge is 0.481 e. The highest BCUT2D eigenvalue weighted by molar-refractivity contribution is 5.90. The Balaban J connectivity index is 0.000000251. The summed E-state index contributed by atoms with van der Waals surface area (Å²) in [5.41, 5.74) is 4.87. The number of aliphatic hydroxyl groups excluding tert-OH is 1. The predicted octanol–water partition coefficient (Wildman–Crippen LogP) is 8.02. The van der Waals surface area contributed by atoms with Gasteiger partial charge in [0, 0.05) is 37.2 Å². The molecule has 8 heteroatoms. The Kier molecular flexibility index (Phi) is 16.4. The predicted molar refractivity (Wildman–Crippen MR) is 183 cm³/mol. The van der Waals surface area contributed by atoms with E-state index >= 15 is 0 Å². The van der Waals surface area contributed by atoms with Gasteiger partial charge in [0.15, 0.2) is 0 Å². The Morgan fingerprint density at radius 3 is 1.76 bits per heavy atom. The van der Waals surface area contributed by atoms with Gasteiger partial charge in [0.2, 0.25) is 5.91 Å². The number of carbonyl (C=O) groups excluding carboxylic acids is 1. The Morgan fingerprint density at radius 2 is 1.22 bits per heavy atom. The normalized spacial score (nSPS) is 13.6. The monoisotopic (exact) mass is 630 g/mol. The lowest BCUT2D eigenvalue weighted by Gasteiger charge is -2.21. The van der Waals surface area contributed by atoms with Crippen LogP contribution in [0.25, 0.3) is 0 Å². The summed E-state index contributed by atoms with van der Waals surface area (Å²) in [5, 5.41) is 33.5. The molecule has 0 saturated heterocycles. The van der Waals surface area contributed by atoms with Gasteiger partial charge in [-0.05, 0) is 85.4 Å². The first-order valence-corrected chi connectivity index (χ1v) is 16.7. The highest BCUT2D eigenvalue weighted by Crippen LogP contribution is 2.27. The molecule has 1 aliphatic carbocycles. The van der Waals surface area contributed by atoms with Gasteiger partial charge >= 0.3 is 11.9 Å². The number of hydrogen-bond donors (Lipinski definition) is 5. The fourth-order valence-corrected chi connectivity index (χ4v) is 5.69. The number of amides is 1. The molecule has 3 aromatic carbocycles. The Hall–Kier alpha value is -4.17. The molecule has 1 atom stereocenters. The van der Waals surface area contributed by atoms with Gasteiger partial charge in [0.25, 0.3) is 0 Å². The van der Waals surface area contributed by atoms with E-state index in [0.717, 1.165) is 53.2 Å². The van der Waals surface area contributed by atoms with Crippen LogP contribution in [-0.4, -0.2) is 39.7 Å². The summed E-state index contributed by atoms with van der Waals surface area (Å²) in [6.45, 7) is 0.447. The van der Waals surface area contributed by atoms with Crippen LogP contribution in [0.5, 0.6) is 0 Å². The van der Waals surface area contributed by atoms with Crippen molar-refractivity contribution in [1.82, 2.24) is 0 Å². The zero-order chi connectivity index (χ0) is 33.0. The molecule has 248 valence electrons. The van der Waals surface area contributed by atoms with Gasteiger partial charge in [-0.15, -0.1) is 0 Å². The van der Waals surface area contributed by atoms with E-state index in [9.17, 15) is 19.5 Å². The van der Waals surface area contributed by atoms with E-state index in [1.165, 1.54) is 38.5 Å². The van der Waals surface area contributed by atoms with Crippen LogP contribution in [0.2, 0.25) is 0 Å². The molecule has 4 rings (SSSR count). The molecule has 8 nitrogen and oxygen atoms in total. The van der Waals surface area contributed by atoms with Crippen LogP contribution < -0.4 is 10.6 Å². The van der Waals surface area contributed by atoms with Crippen LogP contribution in [0.1, 0.15) is 99.8 Å². The third kappa shape index (κ3) is 15.2. The highest BCUT2D eigenvalue weighted by atomic mass is 16.4. The zero-order valence-electron chi connectivity index (χ0n) is 26.8. The first kappa shape index (κ1) is 36.3. The number of benzene rings is 3. The van der Waals surface area contributed by atoms with Crippen molar-refractivity contribution in [2.75, 3.05) is 17.2 Å². The quantitative estimate of drug-likeness (QED) is 0.102. The summed E-state index contributed by atoms with van der Waals surface area (Å²) in [6, 6.07) is 25.1. The van der Waals surface area contributed by atoms with Gasteiger partial charge in [0.1, 0.15) is 0 Å². The van der Waals surface area contributed by atoms with Crippen LogP contribution in [0.3, 0.4) is 0 Å². The molecular weight excluding hydrogens is 580 g/mol. The maximum atomic E-state index is 12.0. The zero-order valence-corrected chi connectivity index (χ0v) is 26.8. The molecule has 3 aromatic rings. The van der Waals surface area contributed by atoms with Crippen molar-refractivity contribution >= 4 is 29.2 Å². The molecule has 0 spiro atoms. The van der Waals surface area contributed by atoms with Gasteiger partial charge < -0.3 is 26.0 Å². The van der Waals surface area contributed by atoms with Crippen molar-refractivity contribution in [3.05, 3.63) is 95.6 Å². The molecule has 1 saturated carbocycles. The number of aliphatic hydroxyl groups is 1. The molecular formula is C38H50N2O6. The molecule has 0 bridgehead atoms. The minimum Gasteiger partial charge on any atom is -0.481 e. The van der Waals surface area contributed by atoms with Crippen molar-refractivity contribution in [1.29, 1.82) is 0 Å². The van der Waals surface area contributed by atoms with Crippen molar-refractivity contribution in [3.8, 4) is 0 Å². The molecule has 1 aliphatic rings. The molecule has 0 aliphatic heterocycles. The fraction of sp³-hybridized carbons (Fsp3) is 0.447. The van der Waals surface area contributed by atoms with Gasteiger partial charge in [0.05, 0.1) is 6.10 Å². The molecule has 0 heterocycles. The Bertz CT molecular complexity index is 1310. The highest BCUT2D eigenvalue weighted by Gasteiger charge is 2.14. The summed E-state index contributed by atoms with van der Waals surface area (Å²) in [7, 11) is 0. The van der Waals surface area contributed by atoms with Gasteiger partial charge in [-0.2, -0.15) is 0 Å². The van der Waals surface area contributed by atoms with Crippen molar-refractivity contribution < 1.29 is 29.7 Å². The topological polar surface area (TPSA) is 136 Å². The SMILES string of the molecule is O=C(O)CCCc1ccc(NC(=O)CCCC2CCCCC2)cc1.O=C(O)CCCc1ccc(NCC(O)c2ccccc2)cc1. The number of rotatable bonds is 17. The second-order valence-corrected chi connectivity index (χ2v) is 12.1. The number of carboxylic acids is 2. The molecule has 5 N–H and O–H groups in total. The number of hydrogen-bond acceptors (Lipinski definition) is 5. The van der Waals surface area contributed by atoms with E-state index in [-0.39, 0.29) is 18.7 Å². The Labute approximate surface area is 273 Å². The number of aryl methyl sites for hydroxylation is 2. The lowest BCUT2D eigenvalue weighted by Crippen LogP contribution is -2.12.